The molecule has 1 amide bonds. The van der Waals surface area contributed by atoms with Gasteiger partial charge in [0.15, 0.2) is 6.10 Å². The topological polar surface area (TPSA) is 84.5 Å². The number of benzene rings is 2. The number of carbonyl (C=O) groups excluding carboxylic acids is 1. The molecule has 23 heavy (non-hydrogen) atoms. The van der Waals surface area contributed by atoms with Gasteiger partial charge in [0.25, 0.3) is 15.9 Å². The predicted molar refractivity (Wildman–Crippen MR) is 87.4 cm³/mol. The van der Waals surface area contributed by atoms with Crippen LogP contribution in [0.2, 0.25) is 5.02 Å². The summed E-state index contributed by atoms with van der Waals surface area (Å²) in [5.41, 5.74) is 0.724. The maximum atomic E-state index is 12.3. The van der Waals surface area contributed by atoms with E-state index in [2.05, 4.69) is 10.0 Å². The van der Waals surface area contributed by atoms with Gasteiger partial charge in [0.2, 0.25) is 0 Å². The molecule has 8 heteroatoms. The van der Waals surface area contributed by atoms with E-state index in [1.165, 1.54) is 18.2 Å². The second-order valence-electron chi connectivity index (χ2n) is 5.02. The summed E-state index contributed by atoms with van der Waals surface area (Å²) in [5, 5.41) is 2.99. The molecule has 2 N–H and O–H groups in total. The summed E-state index contributed by atoms with van der Waals surface area (Å²) in [5.74, 6) is 0.204. The van der Waals surface area contributed by atoms with Crippen molar-refractivity contribution >= 4 is 38.9 Å². The van der Waals surface area contributed by atoms with Crippen molar-refractivity contribution in [1.29, 1.82) is 0 Å². The normalized spacial score (nSPS) is 17.0. The molecule has 2 aromatic carbocycles. The van der Waals surface area contributed by atoms with Gasteiger partial charge in [-0.05, 0) is 43.3 Å². The third-order valence-electron chi connectivity index (χ3n) is 3.27. The first-order valence-corrected chi connectivity index (χ1v) is 8.61. The number of nitrogens with one attached hydrogen (secondary N) is 2. The number of hydrogen-bond donors (Lipinski definition) is 2. The van der Waals surface area contributed by atoms with E-state index in [1.807, 2.05) is 0 Å². The van der Waals surface area contributed by atoms with Gasteiger partial charge < -0.3 is 10.1 Å². The zero-order chi connectivity index (χ0) is 16.6. The molecule has 2 aromatic rings. The van der Waals surface area contributed by atoms with Crippen molar-refractivity contribution in [1.82, 2.24) is 0 Å². The second kappa shape index (κ2) is 5.75. The third-order valence-corrected chi connectivity index (χ3v) is 4.88. The van der Waals surface area contributed by atoms with Crippen LogP contribution < -0.4 is 14.8 Å². The quantitative estimate of drug-likeness (QED) is 0.889. The first-order valence-electron chi connectivity index (χ1n) is 6.75. The smallest absolute Gasteiger partial charge is 0.265 e. The molecule has 0 saturated carbocycles. The van der Waals surface area contributed by atoms with Gasteiger partial charge in [-0.25, -0.2) is 8.42 Å². The van der Waals surface area contributed by atoms with Gasteiger partial charge in [-0.2, -0.15) is 0 Å². The summed E-state index contributed by atoms with van der Waals surface area (Å²) in [4.78, 5) is 11.7. The number of rotatable bonds is 3. The fourth-order valence-corrected chi connectivity index (χ4v) is 3.47. The first kappa shape index (κ1) is 15.6. The van der Waals surface area contributed by atoms with Crippen molar-refractivity contribution in [3.63, 3.8) is 0 Å². The molecule has 0 radical (unpaired) electrons. The van der Waals surface area contributed by atoms with E-state index in [-0.39, 0.29) is 10.8 Å². The Labute approximate surface area is 138 Å². The number of amides is 1. The molecule has 0 saturated heterocycles. The summed E-state index contributed by atoms with van der Waals surface area (Å²) >= 11 is 5.82. The highest BCUT2D eigenvalue weighted by atomic mass is 35.5. The van der Waals surface area contributed by atoms with Crippen LogP contribution in [0, 0.1) is 0 Å². The van der Waals surface area contributed by atoms with Crippen molar-refractivity contribution in [2.45, 2.75) is 17.9 Å². The lowest BCUT2D eigenvalue weighted by atomic mass is 10.2. The van der Waals surface area contributed by atoms with Crippen LogP contribution in [0.3, 0.4) is 0 Å². The maximum Gasteiger partial charge on any atom is 0.265 e. The summed E-state index contributed by atoms with van der Waals surface area (Å²) in [6.45, 7) is 1.63. The van der Waals surface area contributed by atoms with Crippen LogP contribution in [0.1, 0.15) is 6.92 Å². The molecule has 3 rings (SSSR count). The van der Waals surface area contributed by atoms with E-state index < -0.39 is 16.1 Å². The average molecular weight is 353 g/mol. The zero-order valence-corrected chi connectivity index (χ0v) is 13.6. The zero-order valence-electron chi connectivity index (χ0n) is 12.0. The Morgan fingerprint density at radius 2 is 2.00 bits per heavy atom. The number of ether oxygens (including phenoxy) is 1. The molecule has 1 aliphatic rings. The average Bonchev–Trinajstić information content (AvgIpc) is 2.48. The lowest BCUT2D eigenvalue weighted by Gasteiger charge is -2.23. The van der Waals surface area contributed by atoms with Crippen molar-refractivity contribution < 1.29 is 17.9 Å². The van der Waals surface area contributed by atoms with Gasteiger partial charge in [-0.3, -0.25) is 9.52 Å². The van der Waals surface area contributed by atoms with E-state index in [9.17, 15) is 13.2 Å². The Bertz CT molecular complexity index is 883. The van der Waals surface area contributed by atoms with Gasteiger partial charge in [0.05, 0.1) is 16.3 Å². The molecule has 0 spiro atoms. The highest BCUT2D eigenvalue weighted by Gasteiger charge is 2.24. The Balaban J connectivity index is 1.89. The summed E-state index contributed by atoms with van der Waals surface area (Å²) in [7, 11) is -3.77. The summed E-state index contributed by atoms with van der Waals surface area (Å²) in [6, 6.07) is 10.6. The molecule has 0 unspecified atom stereocenters. The number of fused-ring (bicyclic) bond motifs is 1. The SMILES string of the molecule is C[C@H]1Oc2ccc(NS(=O)(=O)c3cccc(Cl)c3)cc2NC1=O. The molecule has 1 atom stereocenters. The van der Waals surface area contributed by atoms with Gasteiger partial charge in [0, 0.05) is 5.02 Å². The van der Waals surface area contributed by atoms with Crippen molar-refractivity contribution in [3.8, 4) is 5.75 Å². The van der Waals surface area contributed by atoms with Crippen LogP contribution in [0.4, 0.5) is 11.4 Å². The largest absolute Gasteiger partial charge is 0.479 e. The minimum atomic E-state index is -3.77. The number of anilines is 2. The van der Waals surface area contributed by atoms with Crippen molar-refractivity contribution in [2.24, 2.45) is 0 Å². The Hall–Kier alpha value is -2.25. The van der Waals surface area contributed by atoms with Crippen LogP contribution in [0.25, 0.3) is 0 Å². The minimum absolute atomic E-state index is 0.0524. The number of carbonyl (C=O) groups is 1. The lowest BCUT2D eigenvalue weighted by Crippen LogP contribution is -2.34. The molecule has 120 valence electrons. The predicted octanol–water partition coefficient (Wildman–Crippen LogP) is 2.86. The summed E-state index contributed by atoms with van der Waals surface area (Å²) < 4.78 is 32.6. The molecule has 6 nitrogen and oxygen atoms in total. The third kappa shape index (κ3) is 3.25. The summed E-state index contributed by atoms with van der Waals surface area (Å²) in [6.07, 6.45) is -0.587. The molecule has 1 heterocycles. The fraction of sp³-hybridized carbons (Fsp3) is 0.133. The Morgan fingerprint density at radius 3 is 2.74 bits per heavy atom. The van der Waals surface area contributed by atoms with Crippen LogP contribution in [-0.2, 0) is 14.8 Å². The van der Waals surface area contributed by atoms with Crippen LogP contribution in [-0.4, -0.2) is 20.4 Å². The van der Waals surface area contributed by atoms with E-state index in [4.69, 9.17) is 16.3 Å². The first-order chi connectivity index (χ1) is 10.8. The highest BCUT2D eigenvalue weighted by Crippen LogP contribution is 2.33. The minimum Gasteiger partial charge on any atom is -0.479 e. The van der Waals surface area contributed by atoms with Gasteiger partial charge in [-0.15, -0.1) is 0 Å². The van der Waals surface area contributed by atoms with Crippen molar-refractivity contribution in [3.05, 3.63) is 47.5 Å². The molecule has 0 aliphatic carbocycles. The van der Waals surface area contributed by atoms with Crippen LogP contribution >= 0.6 is 11.6 Å². The van der Waals surface area contributed by atoms with E-state index >= 15 is 0 Å². The van der Waals surface area contributed by atoms with Gasteiger partial charge in [0.1, 0.15) is 5.75 Å². The highest BCUT2D eigenvalue weighted by molar-refractivity contribution is 7.92. The van der Waals surface area contributed by atoms with E-state index in [0.29, 0.717) is 22.1 Å². The molecule has 0 fully saturated rings. The van der Waals surface area contributed by atoms with E-state index in [0.717, 1.165) is 0 Å². The molecule has 0 aromatic heterocycles. The van der Waals surface area contributed by atoms with Crippen LogP contribution in [0.15, 0.2) is 47.4 Å². The van der Waals surface area contributed by atoms with Gasteiger partial charge in [-0.1, -0.05) is 17.7 Å². The Kier molecular flexibility index (Phi) is 3.91. The number of hydrogen-bond acceptors (Lipinski definition) is 4. The monoisotopic (exact) mass is 352 g/mol. The van der Waals surface area contributed by atoms with Gasteiger partial charge >= 0.3 is 0 Å². The molecule has 1 aliphatic heterocycles. The standard InChI is InChI=1S/C15H13ClN2O4S/c1-9-15(19)17-13-8-11(5-6-14(13)22-9)18-23(20,21)12-4-2-3-10(16)7-12/h2-9,18H,1H3,(H,17,19)/t9-/m1/s1. The molecular weight excluding hydrogens is 340 g/mol. The molecule has 0 bridgehead atoms. The van der Waals surface area contributed by atoms with Crippen LogP contribution in [0.5, 0.6) is 5.75 Å². The lowest BCUT2D eigenvalue weighted by molar-refractivity contribution is -0.122. The second-order valence-corrected chi connectivity index (χ2v) is 7.14. The molecular formula is C15H13ClN2O4S. The number of sulfonamides is 1. The van der Waals surface area contributed by atoms with E-state index in [1.54, 1.807) is 31.2 Å². The fourth-order valence-electron chi connectivity index (χ4n) is 2.12. The van der Waals surface area contributed by atoms with Crippen molar-refractivity contribution in [2.75, 3.05) is 10.0 Å². The number of halogens is 1. The maximum absolute atomic E-state index is 12.3. The Morgan fingerprint density at radius 1 is 1.22 bits per heavy atom.